The summed E-state index contributed by atoms with van der Waals surface area (Å²) in [6, 6.07) is 5.36. The van der Waals surface area contributed by atoms with Crippen molar-refractivity contribution >= 4 is 22.5 Å². The number of aromatic amines is 1. The molecule has 0 atom stereocenters. The van der Waals surface area contributed by atoms with Crippen LogP contribution in [0.3, 0.4) is 0 Å². The molecule has 0 unspecified atom stereocenters. The van der Waals surface area contributed by atoms with Gasteiger partial charge in [-0.3, -0.25) is 19.7 Å². The molecule has 1 aromatic heterocycles. The quantitative estimate of drug-likeness (QED) is 0.627. The summed E-state index contributed by atoms with van der Waals surface area (Å²) in [6.45, 7) is 5.18. The average Bonchev–Trinajstić information content (AvgIpc) is 2.65. The predicted molar refractivity (Wildman–Crippen MR) is 98.4 cm³/mol. The van der Waals surface area contributed by atoms with E-state index in [9.17, 15) is 19.7 Å². The van der Waals surface area contributed by atoms with Gasteiger partial charge >= 0.3 is 0 Å². The first kappa shape index (κ1) is 18.1. The Kier molecular flexibility index (Phi) is 5.32. The largest absolute Gasteiger partial charge is 0.339 e. The molecular formula is C18H22N4O4. The van der Waals surface area contributed by atoms with Crippen molar-refractivity contribution in [3.8, 4) is 0 Å². The molecule has 1 aromatic carbocycles. The van der Waals surface area contributed by atoms with Crippen molar-refractivity contribution in [1.82, 2.24) is 15.2 Å². The highest BCUT2D eigenvalue weighted by Crippen LogP contribution is 2.24. The second-order valence-electron chi connectivity index (χ2n) is 6.58. The third-order valence-corrected chi connectivity index (χ3v) is 4.85. The van der Waals surface area contributed by atoms with Crippen molar-refractivity contribution in [3.05, 3.63) is 50.3 Å². The molecule has 0 saturated carbocycles. The lowest BCUT2D eigenvalue weighted by molar-refractivity contribution is -0.384. The second-order valence-corrected chi connectivity index (χ2v) is 6.58. The van der Waals surface area contributed by atoms with Gasteiger partial charge in [0.15, 0.2) is 0 Å². The van der Waals surface area contributed by atoms with Crippen LogP contribution in [0.2, 0.25) is 0 Å². The van der Waals surface area contributed by atoms with Gasteiger partial charge in [-0.1, -0.05) is 6.92 Å². The maximum atomic E-state index is 13.0. The number of nitro groups is 1. The summed E-state index contributed by atoms with van der Waals surface area (Å²) in [5.41, 5.74) is 0.144. The molecule has 3 rings (SSSR count). The van der Waals surface area contributed by atoms with Crippen molar-refractivity contribution in [2.45, 2.75) is 19.8 Å². The fourth-order valence-corrected chi connectivity index (χ4v) is 3.39. The van der Waals surface area contributed by atoms with E-state index in [1.54, 1.807) is 4.90 Å². The van der Waals surface area contributed by atoms with E-state index in [0.29, 0.717) is 29.9 Å². The molecule has 1 fully saturated rings. The van der Waals surface area contributed by atoms with Crippen LogP contribution in [0, 0.1) is 16.0 Å². The van der Waals surface area contributed by atoms with E-state index in [1.165, 1.54) is 24.3 Å². The lowest BCUT2D eigenvalue weighted by Gasteiger charge is -2.32. The number of amides is 1. The van der Waals surface area contributed by atoms with Crippen molar-refractivity contribution in [2.24, 2.45) is 5.92 Å². The molecule has 0 radical (unpaired) electrons. The van der Waals surface area contributed by atoms with Crippen molar-refractivity contribution in [2.75, 3.05) is 26.2 Å². The number of nitrogens with zero attached hydrogens (tertiary/aromatic N) is 2. The van der Waals surface area contributed by atoms with E-state index >= 15 is 0 Å². The molecule has 1 aliphatic heterocycles. The van der Waals surface area contributed by atoms with Gasteiger partial charge in [0.1, 0.15) is 0 Å². The highest BCUT2D eigenvalue weighted by molar-refractivity contribution is 6.06. The minimum absolute atomic E-state index is 0.108. The summed E-state index contributed by atoms with van der Waals surface area (Å²) >= 11 is 0. The van der Waals surface area contributed by atoms with Crippen LogP contribution in [0.25, 0.3) is 10.9 Å². The highest BCUT2D eigenvalue weighted by atomic mass is 16.6. The van der Waals surface area contributed by atoms with E-state index in [-0.39, 0.29) is 17.2 Å². The van der Waals surface area contributed by atoms with Crippen molar-refractivity contribution in [1.29, 1.82) is 0 Å². The first-order valence-electron chi connectivity index (χ1n) is 8.81. The van der Waals surface area contributed by atoms with Gasteiger partial charge in [0.05, 0.1) is 10.5 Å². The average molecular weight is 358 g/mol. The Morgan fingerprint density at radius 2 is 2.08 bits per heavy atom. The number of piperidine rings is 1. The van der Waals surface area contributed by atoms with Crippen LogP contribution in [0.5, 0.6) is 0 Å². The number of likely N-dealkylation sites (tertiary alicyclic amines) is 1. The molecule has 2 N–H and O–H groups in total. The molecule has 1 aliphatic rings. The van der Waals surface area contributed by atoms with E-state index in [1.807, 2.05) is 0 Å². The third-order valence-electron chi connectivity index (χ3n) is 4.85. The molecule has 2 heterocycles. The zero-order chi connectivity index (χ0) is 18.7. The summed E-state index contributed by atoms with van der Waals surface area (Å²) in [7, 11) is 0. The molecule has 2 aromatic rings. The van der Waals surface area contributed by atoms with Gasteiger partial charge in [-0.25, -0.2) is 0 Å². The molecule has 0 bridgehead atoms. The Morgan fingerprint density at radius 3 is 2.73 bits per heavy atom. The maximum Gasteiger partial charge on any atom is 0.270 e. The van der Waals surface area contributed by atoms with Gasteiger partial charge < -0.3 is 15.2 Å². The van der Waals surface area contributed by atoms with E-state index in [2.05, 4.69) is 17.2 Å². The van der Waals surface area contributed by atoms with Gasteiger partial charge in [0, 0.05) is 42.2 Å². The lowest BCUT2D eigenvalue weighted by atomic mass is 9.96. The first-order valence-corrected chi connectivity index (χ1v) is 8.81. The second kappa shape index (κ2) is 7.65. The number of benzene rings is 1. The summed E-state index contributed by atoms with van der Waals surface area (Å²) in [6.07, 6.45) is 1.81. The summed E-state index contributed by atoms with van der Waals surface area (Å²) in [4.78, 5) is 39.8. The number of pyridine rings is 1. The van der Waals surface area contributed by atoms with Gasteiger partial charge in [-0.15, -0.1) is 0 Å². The van der Waals surface area contributed by atoms with Gasteiger partial charge in [-0.2, -0.15) is 0 Å². The summed E-state index contributed by atoms with van der Waals surface area (Å²) in [5, 5.41) is 14.8. The number of hydrogen-bond acceptors (Lipinski definition) is 5. The topological polar surface area (TPSA) is 108 Å². The minimum atomic E-state index is -0.509. The molecule has 26 heavy (non-hydrogen) atoms. The number of nitrogens with one attached hydrogen (secondary N) is 2. The van der Waals surface area contributed by atoms with Crippen molar-refractivity contribution in [3.63, 3.8) is 0 Å². The van der Waals surface area contributed by atoms with E-state index < -0.39 is 10.5 Å². The number of rotatable bonds is 5. The normalized spacial score (nSPS) is 15.3. The monoisotopic (exact) mass is 358 g/mol. The Labute approximate surface area is 150 Å². The van der Waals surface area contributed by atoms with E-state index in [4.69, 9.17) is 0 Å². The zero-order valence-electron chi connectivity index (χ0n) is 14.7. The third kappa shape index (κ3) is 3.75. The van der Waals surface area contributed by atoms with Crippen LogP contribution in [-0.4, -0.2) is 46.9 Å². The fourth-order valence-electron chi connectivity index (χ4n) is 3.39. The molecule has 1 amide bonds. The number of carbonyl (C=O) groups is 1. The maximum absolute atomic E-state index is 13.0. The number of H-pyrrole nitrogens is 1. The van der Waals surface area contributed by atoms with Gasteiger partial charge in [0.2, 0.25) is 5.56 Å². The van der Waals surface area contributed by atoms with Crippen LogP contribution in [0.1, 0.15) is 30.1 Å². The molecule has 0 aliphatic carbocycles. The smallest absolute Gasteiger partial charge is 0.270 e. The highest BCUT2D eigenvalue weighted by Gasteiger charge is 2.25. The predicted octanol–water partition coefficient (Wildman–Crippen LogP) is 1.90. The molecule has 0 spiro atoms. The van der Waals surface area contributed by atoms with Crippen LogP contribution in [0.15, 0.2) is 29.1 Å². The number of nitro benzene ring substituents is 1. The molecule has 138 valence electrons. The van der Waals surface area contributed by atoms with Gasteiger partial charge in [-0.05, 0) is 37.9 Å². The van der Waals surface area contributed by atoms with Crippen LogP contribution < -0.4 is 10.9 Å². The first-order chi connectivity index (χ1) is 12.5. The molecular weight excluding hydrogens is 336 g/mol. The Morgan fingerprint density at radius 1 is 1.35 bits per heavy atom. The minimum Gasteiger partial charge on any atom is -0.339 e. The summed E-state index contributed by atoms with van der Waals surface area (Å²) < 4.78 is 0. The number of aromatic nitrogens is 1. The van der Waals surface area contributed by atoms with Crippen LogP contribution >= 0.6 is 0 Å². The SMILES string of the molecule is CCNCC1CCN(C(=O)c2cc(=O)[nH]c3ccc([N+](=O)[O-])cc23)CC1. The van der Waals surface area contributed by atoms with Crippen LogP contribution in [0.4, 0.5) is 5.69 Å². The molecule has 1 saturated heterocycles. The van der Waals surface area contributed by atoms with E-state index in [0.717, 1.165) is 25.9 Å². The lowest BCUT2D eigenvalue weighted by Crippen LogP contribution is -2.41. The number of fused-ring (bicyclic) bond motifs is 1. The zero-order valence-corrected chi connectivity index (χ0v) is 14.7. The number of carbonyl (C=O) groups excluding carboxylic acids is 1. The molecule has 8 nitrogen and oxygen atoms in total. The van der Waals surface area contributed by atoms with Crippen LogP contribution in [-0.2, 0) is 0 Å². The van der Waals surface area contributed by atoms with Crippen molar-refractivity contribution < 1.29 is 9.72 Å². The standard InChI is InChI=1S/C18H22N4O4/c1-2-19-11-12-5-7-21(8-6-12)18(24)15-10-17(23)20-16-4-3-13(22(25)26)9-14(15)16/h3-4,9-10,12,19H,2,5-8,11H2,1H3,(H,20,23). The Balaban J connectivity index is 1.87. The summed E-state index contributed by atoms with van der Waals surface area (Å²) in [5.74, 6) is 0.291. The van der Waals surface area contributed by atoms with Gasteiger partial charge in [0.25, 0.3) is 11.6 Å². The number of hydrogen-bond donors (Lipinski definition) is 2. The fraction of sp³-hybridized carbons (Fsp3) is 0.444. The Bertz CT molecular complexity index is 884. The Hall–Kier alpha value is -2.74. The molecule has 8 heteroatoms. The number of non-ortho nitro benzene ring substituents is 1.